The number of ether oxygens (including phenoxy) is 1. The number of halogens is 2. The zero-order chi connectivity index (χ0) is 18.4. The van der Waals surface area contributed by atoms with Crippen molar-refractivity contribution in [2.75, 3.05) is 6.61 Å². The third kappa shape index (κ3) is 5.66. The summed E-state index contributed by atoms with van der Waals surface area (Å²) in [6.45, 7) is 1.88. The fraction of sp³-hybridized carbons (Fsp3) is 0.235. The van der Waals surface area contributed by atoms with Gasteiger partial charge in [-0.25, -0.2) is 0 Å². The fourth-order valence-electron chi connectivity index (χ4n) is 2.06. The van der Waals surface area contributed by atoms with Crippen LogP contribution in [0.4, 0.5) is 0 Å². The Balaban J connectivity index is 2.18. The summed E-state index contributed by atoms with van der Waals surface area (Å²) >= 11 is 10.3. The number of esters is 1. The van der Waals surface area contributed by atoms with Gasteiger partial charge < -0.3 is 10.1 Å². The lowest BCUT2D eigenvalue weighted by molar-refractivity contribution is -0.143. The molecule has 1 N–H and O–H groups in total. The average molecular weight is 445 g/mol. The number of nitrogens with one attached hydrogen (secondary N) is 1. The molecule has 1 atom stereocenters. The molecule has 5 nitrogen and oxygen atoms in total. The van der Waals surface area contributed by atoms with Gasteiger partial charge in [-0.2, -0.15) is 0 Å². The van der Waals surface area contributed by atoms with E-state index in [9.17, 15) is 14.4 Å². The molecule has 0 aliphatic rings. The molecule has 8 heteroatoms. The van der Waals surface area contributed by atoms with Crippen molar-refractivity contribution < 1.29 is 19.1 Å². The number of hydrogen-bond donors (Lipinski definition) is 1. The standard InChI is InChI=1S/C17H15BrClNO4S/c1-2-24-15(21)9-12(16(22)13-7-8-14(18)25-13)20-17(23)10-3-5-11(19)6-4-10/h3-8,12H,2,9H2,1H3,(H,20,23). The van der Waals surface area contributed by atoms with Gasteiger partial charge in [-0.15, -0.1) is 11.3 Å². The second-order valence-corrected chi connectivity index (χ2v) is 7.91. The molecule has 1 amide bonds. The van der Waals surface area contributed by atoms with Gasteiger partial charge in [0.2, 0.25) is 0 Å². The molecule has 0 aliphatic heterocycles. The molecule has 0 fully saturated rings. The molecule has 0 spiro atoms. The predicted molar refractivity (Wildman–Crippen MR) is 100 cm³/mol. The van der Waals surface area contributed by atoms with Crippen LogP contribution in [-0.2, 0) is 9.53 Å². The average Bonchev–Trinajstić information content (AvgIpc) is 3.00. The van der Waals surface area contributed by atoms with Crippen LogP contribution in [0.2, 0.25) is 5.02 Å². The Hall–Kier alpha value is -1.70. The molecular formula is C17H15BrClNO4S. The Bertz CT molecular complexity index is 775. The van der Waals surface area contributed by atoms with Crippen molar-refractivity contribution in [2.45, 2.75) is 19.4 Å². The highest BCUT2D eigenvalue weighted by Crippen LogP contribution is 2.24. The number of rotatable bonds is 7. The van der Waals surface area contributed by atoms with Crippen LogP contribution in [0.3, 0.4) is 0 Å². The normalized spacial score (nSPS) is 11.6. The molecule has 0 saturated carbocycles. The molecule has 0 aliphatic carbocycles. The molecular weight excluding hydrogens is 430 g/mol. The molecule has 0 saturated heterocycles. The van der Waals surface area contributed by atoms with Crippen molar-refractivity contribution >= 4 is 56.5 Å². The molecule has 0 bridgehead atoms. The maximum Gasteiger partial charge on any atom is 0.308 e. The van der Waals surface area contributed by atoms with Crippen LogP contribution in [0.25, 0.3) is 0 Å². The Morgan fingerprint density at radius 1 is 1.20 bits per heavy atom. The van der Waals surface area contributed by atoms with Crippen molar-refractivity contribution in [3.8, 4) is 0 Å². The molecule has 0 radical (unpaired) electrons. The smallest absolute Gasteiger partial charge is 0.308 e. The van der Waals surface area contributed by atoms with Crippen LogP contribution < -0.4 is 5.32 Å². The number of thiophene rings is 1. The number of hydrogen-bond acceptors (Lipinski definition) is 5. The Kier molecular flexibility index (Phi) is 7.16. The van der Waals surface area contributed by atoms with Crippen LogP contribution in [-0.4, -0.2) is 30.3 Å². The second-order valence-electron chi connectivity index (χ2n) is 5.01. The van der Waals surface area contributed by atoms with Crippen LogP contribution in [0.1, 0.15) is 33.4 Å². The van der Waals surface area contributed by atoms with Gasteiger partial charge in [0.05, 0.1) is 21.7 Å². The molecule has 1 aromatic carbocycles. The molecule has 1 aromatic heterocycles. The van der Waals surface area contributed by atoms with E-state index in [1.807, 2.05) is 0 Å². The number of amides is 1. The summed E-state index contributed by atoms with van der Waals surface area (Å²) in [6.07, 6.45) is -0.235. The van der Waals surface area contributed by atoms with Crippen molar-refractivity contribution in [1.82, 2.24) is 5.32 Å². The first-order chi connectivity index (χ1) is 11.9. The third-order valence-electron chi connectivity index (χ3n) is 3.22. The zero-order valence-electron chi connectivity index (χ0n) is 13.3. The van der Waals surface area contributed by atoms with E-state index in [0.29, 0.717) is 15.5 Å². The molecule has 1 heterocycles. The van der Waals surface area contributed by atoms with Crippen LogP contribution in [0.15, 0.2) is 40.2 Å². The van der Waals surface area contributed by atoms with E-state index < -0.39 is 17.9 Å². The van der Waals surface area contributed by atoms with E-state index in [1.165, 1.54) is 11.3 Å². The van der Waals surface area contributed by atoms with Gasteiger partial charge in [-0.1, -0.05) is 11.6 Å². The largest absolute Gasteiger partial charge is 0.466 e. The summed E-state index contributed by atoms with van der Waals surface area (Å²) in [4.78, 5) is 37.3. The van der Waals surface area contributed by atoms with Crippen molar-refractivity contribution in [3.05, 3.63) is 55.6 Å². The van der Waals surface area contributed by atoms with Gasteiger partial charge in [0.15, 0.2) is 5.78 Å². The monoisotopic (exact) mass is 443 g/mol. The van der Waals surface area contributed by atoms with Gasteiger partial charge in [0.1, 0.15) is 6.04 Å². The van der Waals surface area contributed by atoms with Gasteiger partial charge in [-0.05, 0) is 59.3 Å². The summed E-state index contributed by atoms with van der Waals surface area (Å²) in [5.74, 6) is -1.35. The highest BCUT2D eigenvalue weighted by molar-refractivity contribution is 9.11. The van der Waals surface area contributed by atoms with E-state index in [1.54, 1.807) is 43.3 Å². The van der Waals surface area contributed by atoms with Gasteiger partial charge in [0, 0.05) is 10.6 Å². The molecule has 25 heavy (non-hydrogen) atoms. The first kappa shape index (κ1) is 19.6. The maximum atomic E-state index is 12.7. The molecule has 2 rings (SSSR count). The predicted octanol–water partition coefficient (Wildman–Crippen LogP) is 4.10. The first-order valence-electron chi connectivity index (χ1n) is 7.42. The van der Waals surface area contributed by atoms with Crippen molar-refractivity contribution in [2.24, 2.45) is 0 Å². The number of ketones is 1. The fourth-order valence-corrected chi connectivity index (χ4v) is 3.56. The summed E-state index contributed by atoms with van der Waals surface area (Å²) in [5, 5.41) is 3.11. The van der Waals surface area contributed by atoms with E-state index in [2.05, 4.69) is 21.2 Å². The summed E-state index contributed by atoms with van der Waals surface area (Å²) in [7, 11) is 0. The number of carbonyl (C=O) groups excluding carboxylic acids is 3. The minimum atomic E-state index is -1.01. The third-order valence-corrected chi connectivity index (χ3v) is 5.11. The van der Waals surface area contributed by atoms with Crippen LogP contribution in [0, 0.1) is 0 Å². The zero-order valence-corrected chi connectivity index (χ0v) is 16.4. The summed E-state index contributed by atoms with van der Waals surface area (Å²) in [6, 6.07) is 8.62. The minimum absolute atomic E-state index is 0.204. The van der Waals surface area contributed by atoms with E-state index in [0.717, 1.165) is 3.79 Å². The van der Waals surface area contributed by atoms with Crippen molar-refractivity contribution in [1.29, 1.82) is 0 Å². The SMILES string of the molecule is CCOC(=O)CC(NC(=O)c1ccc(Cl)cc1)C(=O)c1ccc(Br)s1. The Labute approximate surface area is 162 Å². The number of Topliss-reactive ketones (excluding diaryl/α,β-unsaturated/α-hetero) is 1. The highest BCUT2D eigenvalue weighted by atomic mass is 79.9. The summed E-state index contributed by atoms with van der Waals surface area (Å²) in [5.41, 5.74) is 0.346. The highest BCUT2D eigenvalue weighted by Gasteiger charge is 2.27. The van der Waals surface area contributed by atoms with Gasteiger partial charge in [-0.3, -0.25) is 14.4 Å². The molecule has 1 unspecified atom stereocenters. The summed E-state index contributed by atoms with van der Waals surface area (Å²) < 4.78 is 5.69. The van der Waals surface area contributed by atoms with Crippen molar-refractivity contribution in [3.63, 3.8) is 0 Å². The quantitative estimate of drug-likeness (QED) is 0.515. The maximum absolute atomic E-state index is 12.7. The van der Waals surface area contributed by atoms with E-state index in [4.69, 9.17) is 16.3 Å². The van der Waals surface area contributed by atoms with Gasteiger partial charge in [0.25, 0.3) is 5.91 Å². The molecule has 132 valence electrons. The van der Waals surface area contributed by atoms with Gasteiger partial charge >= 0.3 is 5.97 Å². The van der Waals surface area contributed by atoms with E-state index >= 15 is 0 Å². The lowest BCUT2D eigenvalue weighted by Crippen LogP contribution is -2.42. The minimum Gasteiger partial charge on any atom is -0.466 e. The van der Waals surface area contributed by atoms with Crippen LogP contribution >= 0.6 is 38.9 Å². The lowest BCUT2D eigenvalue weighted by atomic mass is 10.1. The Morgan fingerprint density at radius 2 is 1.88 bits per heavy atom. The Morgan fingerprint density at radius 3 is 2.44 bits per heavy atom. The number of benzene rings is 1. The second kappa shape index (κ2) is 9.12. The first-order valence-corrected chi connectivity index (χ1v) is 9.41. The topological polar surface area (TPSA) is 72.5 Å². The number of carbonyl (C=O) groups is 3. The van der Waals surface area contributed by atoms with Crippen LogP contribution in [0.5, 0.6) is 0 Å². The lowest BCUT2D eigenvalue weighted by Gasteiger charge is -2.16. The molecule has 2 aromatic rings. The van der Waals surface area contributed by atoms with E-state index in [-0.39, 0.29) is 18.8 Å².